The maximum absolute atomic E-state index is 13.0. The van der Waals surface area contributed by atoms with Gasteiger partial charge in [-0.3, -0.25) is 4.79 Å². The van der Waals surface area contributed by atoms with Crippen LogP contribution >= 0.6 is 0 Å². The SMILES string of the molecule is C#CC(C)(C)NC(=O)CNc1ccccc1S(=O)(=O)c1ccc(OC)cc1. The highest BCUT2D eigenvalue weighted by Gasteiger charge is 2.22. The van der Waals surface area contributed by atoms with Crippen LogP contribution in [0.25, 0.3) is 0 Å². The number of carbonyl (C=O) groups excluding carboxylic acids is 1. The first kappa shape index (κ1) is 20.3. The first-order valence-electron chi connectivity index (χ1n) is 8.20. The Morgan fingerprint density at radius 3 is 2.37 bits per heavy atom. The Balaban J connectivity index is 2.24. The smallest absolute Gasteiger partial charge is 0.240 e. The summed E-state index contributed by atoms with van der Waals surface area (Å²) in [4.78, 5) is 12.3. The standard InChI is InChI=1S/C20H22N2O4S/c1-5-20(2,3)22-19(23)14-21-17-8-6-7-9-18(17)27(24,25)16-12-10-15(26-4)11-13-16/h1,6-13,21H,14H2,2-4H3,(H,22,23). The molecule has 142 valence electrons. The van der Waals surface area contributed by atoms with Crippen molar-refractivity contribution in [3.8, 4) is 18.1 Å². The van der Waals surface area contributed by atoms with Crippen molar-refractivity contribution in [2.45, 2.75) is 29.2 Å². The van der Waals surface area contributed by atoms with Crippen LogP contribution in [0.15, 0.2) is 58.3 Å². The van der Waals surface area contributed by atoms with Crippen molar-refractivity contribution in [2.75, 3.05) is 19.0 Å². The quantitative estimate of drug-likeness (QED) is 0.714. The molecule has 0 fully saturated rings. The molecule has 0 atom stereocenters. The van der Waals surface area contributed by atoms with Gasteiger partial charge in [-0.05, 0) is 50.2 Å². The van der Waals surface area contributed by atoms with Gasteiger partial charge < -0.3 is 15.4 Å². The van der Waals surface area contributed by atoms with E-state index in [4.69, 9.17) is 11.2 Å². The van der Waals surface area contributed by atoms with Gasteiger partial charge in [-0.1, -0.05) is 18.1 Å². The van der Waals surface area contributed by atoms with E-state index in [1.54, 1.807) is 44.2 Å². The molecule has 0 unspecified atom stereocenters. The molecule has 2 aromatic carbocycles. The number of nitrogens with one attached hydrogen (secondary N) is 2. The van der Waals surface area contributed by atoms with E-state index in [2.05, 4.69) is 16.6 Å². The summed E-state index contributed by atoms with van der Waals surface area (Å²) in [6.07, 6.45) is 5.35. The molecule has 0 aliphatic rings. The van der Waals surface area contributed by atoms with E-state index in [-0.39, 0.29) is 22.2 Å². The monoisotopic (exact) mass is 386 g/mol. The van der Waals surface area contributed by atoms with Crippen molar-refractivity contribution >= 4 is 21.4 Å². The number of hydrogen-bond acceptors (Lipinski definition) is 5. The van der Waals surface area contributed by atoms with Crippen LogP contribution < -0.4 is 15.4 Å². The fourth-order valence-electron chi connectivity index (χ4n) is 2.33. The number of hydrogen-bond donors (Lipinski definition) is 2. The van der Waals surface area contributed by atoms with Crippen LogP contribution in [-0.2, 0) is 14.6 Å². The molecule has 0 spiro atoms. The van der Waals surface area contributed by atoms with Gasteiger partial charge in [0.2, 0.25) is 15.7 Å². The number of carbonyl (C=O) groups is 1. The highest BCUT2D eigenvalue weighted by atomic mass is 32.2. The number of sulfone groups is 1. The van der Waals surface area contributed by atoms with Gasteiger partial charge in [0.15, 0.2) is 0 Å². The van der Waals surface area contributed by atoms with Crippen LogP contribution in [0.5, 0.6) is 5.75 Å². The highest BCUT2D eigenvalue weighted by Crippen LogP contribution is 2.28. The van der Waals surface area contributed by atoms with Crippen molar-refractivity contribution in [1.82, 2.24) is 5.32 Å². The number of benzene rings is 2. The van der Waals surface area contributed by atoms with E-state index in [0.29, 0.717) is 11.4 Å². The van der Waals surface area contributed by atoms with Gasteiger partial charge >= 0.3 is 0 Å². The summed E-state index contributed by atoms with van der Waals surface area (Å²) in [6.45, 7) is 3.29. The normalized spacial score (nSPS) is 11.3. The summed E-state index contributed by atoms with van der Waals surface area (Å²) < 4.78 is 31.0. The molecular weight excluding hydrogens is 364 g/mol. The van der Waals surface area contributed by atoms with Gasteiger partial charge in [0.05, 0.1) is 34.7 Å². The largest absolute Gasteiger partial charge is 0.497 e. The molecule has 0 saturated heterocycles. The van der Waals surface area contributed by atoms with E-state index in [0.717, 1.165) is 0 Å². The van der Waals surface area contributed by atoms with Crippen molar-refractivity contribution in [3.63, 3.8) is 0 Å². The van der Waals surface area contributed by atoms with Crippen molar-refractivity contribution < 1.29 is 17.9 Å². The summed E-state index contributed by atoms with van der Waals surface area (Å²) in [5.74, 6) is 2.70. The minimum Gasteiger partial charge on any atom is -0.497 e. The molecular formula is C20H22N2O4S. The number of rotatable bonds is 7. The number of ether oxygens (including phenoxy) is 1. The predicted molar refractivity (Wildman–Crippen MR) is 104 cm³/mol. The molecule has 0 saturated carbocycles. The zero-order chi connectivity index (χ0) is 20.1. The first-order chi connectivity index (χ1) is 12.7. The molecule has 0 aromatic heterocycles. The van der Waals surface area contributed by atoms with Gasteiger partial charge in [0.25, 0.3) is 0 Å². The number of terminal acetylenes is 1. The second kappa shape index (κ2) is 8.14. The molecule has 27 heavy (non-hydrogen) atoms. The lowest BCUT2D eigenvalue weighted by Crippen LogP contribution is -2.44. The summed E-state index contributed by atoms with van der Waals surface area (Å²) in [5.41, 5.74) is -0.449. The number of anilines is 1. The van der Waals surface area contributed by atoms with Gasteiger partial charge in [-0.2, -0.15) is 0 Å². The highest BCUT2D eigenvalue weighted by molar-refractivity contribution is 7.91. The van der Waals surface area contributed by atoms with E-state index in [1.807, 2.05) is 0 Å². The summed E-state index contributed by atoms with van der Waals surface area (Å²) in [6, 6.07) is 12.5. The van der Waals surface area contributed by atoms with E-state index >= 15 is 0 Å². The number of methoxy groups -OCH3 is 1. The third kappa shape index (κ3) is 5.02. The Morgan fingerprint density at radius 1 is 1.15 bits per heavy atom. The number of amides is 1. The lowest BCUT2D eigenvalue weighted by molar-refractivity contribution is -0.120. The van der Waals surface area contributed by atoms with Crippen LogP contribution in [-0.4, -0.2) is 33.5 Å². The van der Waals surface area contributed by atoms with Gasteiger partial charge in [0.1, 0.15) is 5.75 Å². The Kier molecular flexibility index (Phi) is 6.13. The molecule has 6 nitrogen and oxygen atoms in total. The molecule has 0 radical (unpaired) electrons. The second-order valence-electron chi connectivity index (χ2n) is 6.35. The summed E-state index contributed by atoms with van der Waals surface area (Å²) in [7, 11) is -2.26. The second-order valence-corrected chi connectivity index (χ2v) is 8.26. The topological polar surface area (TPSA) is 84.5 Å². The Labute approximate surface area is 159 Å². The van der Waals surface area contributed by atoms with Crippen LogP contribution in [0.4, 0.5) is 5.69 Å². The minimum atomic E-state index is -3.76. The Bertz CT molecular complexity index is 958. The van der Waals surface area contributed by atoms with Crippen molar-refractivity contribution in [3.05, 3.63) is 48.5 Å². The van der Waals surface area contributed by atoms with Crippen molar-refractivity contribution in [2.24, 2.45) is 0 Å². The maximum Gasteiger partial charge on any atom is 0.240 e. The minimum absolute atomic E-state index is 0.0826. The Hall–Kier alpha value is -2.98. The molecule has 2 rings (SSSR count). The van der Waals surface area contributed by atoms with E-state index in [1.165, 1.54) is 25.3 Å². The lowest BCUT2D eigenvalue weighted by Gasteiger charge is -2.20. The fourth-order valence-corrected chi connectivity index (χ4v) is 3.77. The Morgan fingerprint density at radius 2 is 1.78 bits per heavy atom. The summed E-state index contributed by atoms with van der Waals surface area (Å²) >= 11 is 0. The molecule has 2 aromatic rings. The van der Waals surface area contributed by atoms with Gasteiger partial charge in [-0.25, -0.2) is 8.42 Å². The molecule has 0 bridgehead atoms. The van der Waals surface area contributed by atoms with Gasteiger partial charge in [0, 0.05) is 0 Å². The molecule has 7 heteroatoms. The lowest BCUT2D eigenvalue weighted by atomic mass is 10.1. The molecule has 0 aliphatic carbocycles. The van der Waals surface area contributed by atoms with Crippen LogP contribution in [0.3, 0.4) is 0 Å². The first-order valence-corrected chi connectivity index (χ1v) is 9.69. The van der Waals surface area contributed by atoms with Crippen LogP contribution in [0.1, 0.15) is 13.8 Å². The zero-order valence-corrected chi connectivity index (χ0v) is 16.3. The van der Waals surface area contributed by atoms with E-state index < -0.39 is 15.4 Å². The molecule has 0 aliphatic heterocycles. The molecule has 0 heterocycles. The van der Waals surface area contributed by atoms with Crippen molar-refractivity contribution in [1.29, 1.82) is 0 Å². The summed E-state index contributed by atoms with van der Waals surface area (Å²) in [5, 5.41) is 5.55. The predicted octanol–water partition coefficient (Wildman–Crippen LogP) is 2.47. The average Bonchev–Trinajstić information content (AvgIpc) is 2.66. The van der Waals surface area contributed by atoms with E-state index in [9.17, 15) is 13.2 Å². The molecule has 1 amide bonds. The third-order valence-electron chi connectivity index (χ3n) is 3.80. The van der Waals surface area contributed by atoms with Crippen LogP contribution in [0.2, 0.25) is 0 Å². The third-order valence-corrected chi connectivity index (χ3v) is 5.63. The zero-order valence-electron chi connectivity index (χ0n) is 15.4. The average molecular weight is 386 g/mol. The fraction of sp³-hybridized carbons (Fsp3) is 0.250. The van der Waals surface area contributed by atoms with Crippen LogP contribution in [0, 0.1) is 12.3 Å². The van der Waals surface area contributed by atoms with Gasteiger partial charge in [-0.15, -0.1) is 6.42 Å². The number of para-hydroxylation sites is 1. The maximum atomic E-state index is 13.0. The molecule has 2 N–H and O–H groups in total.